The lowest BCUT2D eigenvalue weighted by Gasteiger charge is -2.35. The summed E-state index contributed by atoms with van der Waals surface area (Å²) in [5, 5.41) is 2.90. The number of nitrogens with zero attached hydrogens (tertiary/aromatic N) is 1. The number of fused-ring (bicyclic) bond motifs is 1. The largest absolute Gasteiger partial charge is 0.493 e. The zero-order chi connectivity index (χ0) is 23.4. The van der Waals surface area contributed by atoms with E-state index in [4.69, 9.17) is 9.47 Å². The Kier molecular flexibility index (Phi) is 6.67. The minimum absolute atomic E-state index is 0.0837. The Morgan fingerprint density at radius 2 is 1.52 bits per heavy atom. The Morgan fingerprint density at radius 3 is 2.12 bits per heavy atom. The van der Waals surface area contributed by atoms with Gasteiger partial charge in [-0.25, -0.2) is 8.42 Å². The molecule has 0 bridgehead atoms. The molecule has 0 radical (unpaired) electrons. The number of benzene rings is 3. The van der Waals surface area contributed by atoms with Crippen LogP contribution < -0.4 is 14.8 Å². The highest BCUT2D eigenvalue weighted by molar-refractivity contribution is 7.89. The third-order valence-electron chi connectivity index (χ3n) is 5.71. The average molecular weight is 467 g/mol. The summed E-state index contributed by atoms with van der Waals surface area (Å²) >= 11 is 0. The number of carbonyl (C=O) groups excluding carboxylic acids is 1. The van der Waals surface area contributed by atoms with Gasteiger partial charge in [0.05, 0.1) is 19.1 Å². The molecule has 7 nitrogen and oxygen atoms in total. The van der Waals surface area contributed by atoms with Crippen molar-refractivity contribution in [2.75, 3.05) is 14.2 Å². The van der Waals surface area contributed by atoms with Crippen LogP contribution in [0.1, 0.15) is 16.7 Å². The number of hydrogen-bond donors (Lipinski definition) is 1. The van der Waals surface area contributed by atoms with Crippen LogP contribution in [0.4, 0.5) is 0 Å². The predicted octanol–water partition coefficient (Wildman–Crippen LogP) is 3.14. The fraction of sp³-hybridized carbons (Fsp3) is 0.240. The first kappa shape index (κ1) is 22.8. The van der Waals surface area contributed by atoms with Crippen LogP contribution in [0, 0.1) is 0 Å². The van der Waals surface area contributed by atoms with Gasteiger partial charge in [-0.05, 0) is 29.2 Å². The van der Waals surface area contributed by atoms with Crippen LogP contribution in [0.15, 0.2) is 77.7 Å². The second kappa shape index (κ2) is 9.64. The molecule has 1 N–H and O–H groups in total. The van der Waals surface area contributed by atoms with E-state index in [1.807, 2.05) is 60.7 Å². The van der Waals surface area contributed by atoms with Gasteiger partial charge in [-0.1, -0.05) is 60.7 Å². The molecule has 1 unspecified atom stereocenters. The van der Waals surface area contributed by atoms with Crippen LogP contribution in [0.25, 0.3) is 0 Å². The van der Waals surface area contributed by atoms with Crippen molar-refractivity contribution in [2.24, 2.45) is 0 Å². The van der Waals surface area contributed by atoms with Crippen LogP contribution in [0.5, 0.6) is 11.5 Å². The standard InChI is InChI=1S/C25H26N2O5S/c1-31-22-14-20-13-21(25(28)26-16-18-9-5-3-6-10-18)27(17-19-11-7-4-8-12-19)33(29,30)24(20)15-23(22)32-2/h3-12,14-15,21H,13,16-17H2,1-2H3,(H,26,28). The van der Waals surface area contributed by atoms with E-state index >= 15 is 0 Å². The summed E-state index contributed by atoms with van der Waals surface area (Å²) in [6.45, 7) is 0.397. The molecule has 1 atom stereocenters. The third-order valence-corrected chi connectivity index (χ3v) is 7.64. The van der Waals surface area contributed by atoms with E-state index in [1.165, 1.54) is 24.6 Å². The molecule has 0 aliphatic carbocycles. The minimum atomic E-state index is -3.98. The van der Waals surface area contributed by atoms with Gasteiger partial charge in [0.15, 0.2) is 11.5 Å². The Morgan fingerprint density at radius 1 is 0.939 bits per heavy atom. The Bertz CT molecular complexity index is 1230. The first-order chi connectivity index (χ1) is 15.9. The number of hydrogen-bond acceptors (Lipinski definition) is 5. The number of carbonyl (C=O) groups is 1. The summed E-state index contributed by atoms with van der Waals surface area (Å²) in [7, 11) is -1.03. The summed E-state index contributed by atoms with van der Waals surface area (Å²) in [6, 6.07) is 21.0. The summed E-state index contributed by atoms with van der Waals surface area (Å²) in [6.07, 6.45) is 0.225. The molecule has 8 heteroatoms. The minimum Gasteiger partial charge on any atom is -0.493 e. The molecule has 4 rings (SSSR count). The molecular formula is C25H26N2O5S. The molecule has 33 heavy (non-hydrogen) atoms. The molecule has 3 aromatic rings. The third kappa shape index (κ3) is 4.72. The van der Waals surface area contributed by atoms with E-state index in [9.17, 15) is 13.2 Å². The highest BCUT2D eigenvalue weighted by Gasteiger charge is 2.42. The van der Waals surface area contributed by atoms with Gasteiger partial charge in [0.2, 0.25) is 15.9 Å². The molecule has 0 saturated carbocycles. The van der Waals surface area contributed by atoms with Crippen LogP contribution in [-0.2, 0) is 34.3 Å². The van der Waals surface area contributed by atoms with Gasteiger partial charge >= 0.3 is 0 Å². The predicted molar refractivity (Wildman–Crippen MR) is 124 cm³/mol. The van der Waals surface area contributed by atoms with Crippen molar-refractivity contribution in [3.05, 3.63) is 89.5 Å². The van der Waals surface area contributed by atoms with Crippen molar-refractivity contribution in [1.29, 1.82) is 0 Å². The van der Waals surface area contributed by atoms with E-state index in [2.05, 4.69) is 5.32 Å². The number of rotatable bonds is 7. The second-order valence-electron chi connectivity index (χ2n) is 7.77. The lowest BCUT2D eigenvalue weighted by atomic mass is 10.0. The van der Waals surface area contributed by atoms with E-state index < -0.39 is 16.1 Å². The topological polar surface area (TPSA) is 84.9 Å². The second-order valence-corrected chi connectivity index (χ2v) is 9.63. The molecule has 1 heterocycles. The summed E-state index contributed by atoms with van der Waals surface area (Å²) in [5.41, 5.74) is 2.26. The molecule has 1 aliphatic rings. The summed E-state index contributed by atoms with van der Waals surface area (Å²) in [5.74, 6) is 0.400. The Balaban J connectivity index is 1.72. The van der Waals surface area contributed by atoms with Crippen LogP contribution in [0.2, 0.25) is 0 Å². The molecule has 0 saturated heterocycles. The van der Waals surface area contributed by atoms with Crippen molar-refractivity contribution in [2.45, 2.75) is 30.4 Å². The summed E-state index contributed by atoms with van der Waals surface area (Å²) in [4.78, 5) is 13.4. The lowest BCUT2D eigenvalue weighted by molar-refractivity contribution is -0.125. The molecule has 0 aromatic heterocycles. The number of methoxy groups -OCH3 is 2. The first-order valence-corrected chi connectivity index (χ1v) is 12.0. The SMILES string of the molecule is COc1cc2c(cc1OC)S(=O)(=O)N(Cc1ccccc1)C(C(=O)NCc1ccccc1)C2. The normalized spacial score (nSPS) is 17.1. The fourth-order valence-electron chi connectivity index (χ4n) is 3.99. The number of sulfonamides is 1. The maximum Gasteiger partial charge on any atom is 0.244 e. The monoisotopic (exact) mass is 466 g/mol. The van der Waals surface area contributed by atoms with Gasteiger partial charge in [-0.2, -0.15) is 4.31 Å². The zero-order valence-electron chi connectivity index (χ0n) is 18.5. The quantitative estimate of drug-likeness (QED) is 0.578. The molecule has 1 amide bonds. The van der Waals surface area contributed by atoms with E-state index in [1.54, 1.807) is 6.07 Å². The molecule has 0 fully saturated rings. The van der Waals surface area contributed by atoms with Crippen molar-refractivity contribution in [3.8, 4) is 11.5 Å². The van der Waals surface area contributed by atoms with Crippen molar-refractivity contribution in [1.82, 2.24) is 9.62 Å². The van der Waals surface area contributed by atoms with E-state index in [0.717, 1.165) is 11.1 Å². The van der Waals surface area contributed by atoms with Gasteiger partial charge < -0.3 is 14.8 Å². The van der Waals surface area contributed by atoms with Crippen molar-refractivity contribution < 1.29 is 22.7 Å². The molecule has 3 aromatic carbocycles. The van der Waals surface area contributed by atoms with Gasteiger partial charge in [0.25, 0.3) is 0 Å². The Hall–Kier alpha value is -3.36. The van der Waals surface area contributed by atoms with Gasteiger partial charge in [0, 0.05) is 19.2 Å². The van der Waals surface area contributed by atoms with Crippen LogP contribution >= 0.6 is 0 Å². The molecule has 172 valence electrons. The van der Waals surface area contributed by atoms with Gasteiger partial charge in [0.1, 0.15) is 6.04 Å². The van der Waals surface area contributed by atoms with Crippen LogP contribution in [-0.4, -0.2) is 38.9 Å². The van der Waals surface area contributed by atoms with E-state index in [0.29, 0.717) is 23.6 Å². The number of ether oxygens (including phenoxy) is 2. The number of amides is 1. The Labute approximate surface area is 194 Å². The maximum absolute atomic E-state index is 13.7. The highest BCUT2D eigenvalue weighted by atomic mass is 32.2. The zero-order valence-corrected chi connectivity index (χ0v) is 19.3. The number of nitrogens with one attached hydrogen (secondary N) is 1. The maximum atomic E-state index is 13.7. The molecule has 0 spiro atoms. The summed E-state index contributed by atoms with van der Waals surface area (Å²) < 4.78 is 39.4. The fourth-order valence-corrected chi connectivity index (χ4v) is 5.80. The van der Waals surface area contributed by atoms with Crippen molar-refractivity contribution >= 4 is 15.9 Å². The van der Waals surface area contributed by atoms with Gasteiger partial charge in [-0.15, -0.1) is 0 Å². The van der Waals surface area contributed by atoms with Crippen molar-refractivity contribution in [3.63, 3.8) is 0 Å². The molecular weight excluding hydrogens is 440 g/mol. The molecule has 1 aliphatic heterocycles. The smallest absolute Gasteiger partial charge is 0.244 e. The van der Waals surface area contributed by atoms with Crippen LogP contribution in [0.3, 0.4) is 0 Å². The first-order valence-electron chi connectivity index (χ1n) is 10.6. The highest BCUT2D eigenvalue weighted by Crippen LogP contribution is 2.39. The average Bonchev–Trinajstić information content (AvgIpc) is 2.84. The van der Waals surface area contributed by atoms with E-state index in [-0.39, 0.29) is 23.8 Å². The van der Waals surface area contributed by atoms with Gasteiger partial charge in [-0.3, -0.25) is 4.79 Å². The lowest BCUT2D eigenvalue weighted by Crippen LogP contribution is -2.52.